The van der Waals surface area contributed by atoms with E-state index in [2.05, 4.69) is 10.6 Å². The SMILES string of the molecule is Cc1cc(C)c(NC(=O)CNC(=O)C2CCN(S(=O)(=O)c3c(C)c(C)cc(C)c3C)CC2)c(C)c1. The summed E-state index contributed by atoms with van der Waals surface area (Å²) in [5.74, 6) is -0.818. The number of hydrogen-bond acceptors (Lipinski definition) is 4. The zero-order chi connectivity index (χ0) is 26.1. The smallest absolute Gasteiger partial charge is 0.243 e. The number of aryl methyl sites for hydroxylation is 5. The highest BCUT2D eigenvalue weighted by Gasteiger charge is 2.34. The number of rotatable bonds is 6. The summed E-state index contributed by atoms with van der Waals surface area (Å²) in [7, 11) is -3.65. The van der Waals surface area contributed by atoms with Crippen molar-refractivity contribution in [2.45, 2.75) is 66.2 Å². The van der Waals surface area contributed by atoms with Crippen LogP contribution in [-0.2, 0) is 19.6 Å². The van der Waals surface area contributed by atoms with Crippen molar-refractivity contribution in [2.75, 3.05) is 25.0 Å². The van der Waals surface area contributed by atoms with E-state index in [0.29, 0.717) is 17.7 Å². The molecule has 8 heteroatoms. The summed E-state index contributed by atoms with van der Waals surface area (Å²) in [6.07, 6.45) is 0.845. The molecule has 35 heavy (non-hydrogen) atoms. The maximum absolute atomic E-state index is 13.4. The molecule has 3 rings (SSSR count). The first-order chi connectivity index (χ1) is 16.3. The minimum atomic E-state index is -3.65. The molecule has 2 amide bonds. The minimum absolute atomic E-state index is 0.120. The summed E-state index contributed by atoms with van der Waals surface area (Å²) in [5, 5.41) is 5.61. The van der Waals surface area contributed by atoms with Crippen molar-refractivity contribution in [3.8, 4) is 0 Å². The normalized spacial score (nSPS) is 15.2. The quantitative estimate of drug-likeness (QED) is 0.628. The van der Waals surface area contributed by atoms with E-state index in [0.717, 1.165) is 44.6 Å². The predicted octanol–water partition coefficient (Wildman–Crippen LogP) is 4.00. The standard InChI is InChI=1S/C27H37N3O4S/c1-16-12-19(4)25(20(5)13-16)29-24(31)15-28-27(32)23-8-10-30(11-9-23)35(33,34)26-21(6)17(2)14-18(3)22(26)7/h12-14,23H,8-11,15H2,1-7H3,(H,28,32)(H,29,31). The molecule has 2 aromatic carbocycles. The number of benzene rings is 2. The van der Waals surface area contributed by atoms with Crippen LogP contribution in [0.3, 0.4) is 0 Å². The fourth-order valence-corrected chi connectivity index (χ4v) is 6.97. The van der Waals surface area contributed by atoms with E-state index in [-0.39, 0.29) is 37.4 Å². The first kappa shape index (κ1) is 26.9. The maximum Gasteiger partial charge on any atom is 0.243 e. The van der Waals surface area contributed by atoms with Crippen molar-refractivity contribution in [3.63, 3.8) is 0 Å². The molecule has 7 nitrogen and oxygen atoms in total. The largest absolute Gasteiger partial charge is 0.347 e. The lowest BCUT2D eigenvalue weighted by Crippen LogP contribution is -2.44. The number of amides is 2. The average Bonchev–Trinajstić information content (AvgIpc) is 2.78. The van der Waals surface area contributed by atoms with Crippen molar-refractivity contribution < 1.29 is 18.0 Å². The van der Waals surface area contributed by atoms with Crippen molar-refractivity contribution >= 4 is 27.5 Å². The van der Waals surface area contributed by atoms with Gasteiger partial charge in [-0.1, -0.05) is 23.8 Å². The molecule has 1 saturated heterocycles. The molecule has 1 fully saturated rings. The second-order valence-electron chi connectivity index (χ2n) is 9.81. The number of anilines is 1. The van der Waals surface area contributed by atoms with E-state index in [1.54, 1.807) is 0 Å². The van der Waals surface area contributed by atoms with Crippen LogP contribution in [0.25, 0.3) is 0 Å². The van der Waals surface area contributed by atoms with Gasteiger partial charge in [-0.2, -0.15) is 4.31 Å². The third-order valence-electron chi connectivity index (χ3n) is 7.08. The number of carbonyl (C=O) groups excluding carboxylic acids is 2. The van der Waals surface area contributed by atoms with E-state index in [1.165, 1.54) is 4.31 Å². The van der Waals surface area contributed by atoms with Crippen molar-refractivity contribution in [1.82, 2.24) is 9.62 Å². The molecule has 1 heterocycles. The second-order valence-corrected chi connectivity index (χ2v) is 11.7. The maximum atomic E-state index is 13.4. The van der Waals surface area contributed by atoms with Gasteiger partial charge in [-0.3, -0.25) is 9.59 Å². The van der Waals surface area contributed by atoms with Gasteiger partial charge >= 0.3 is 0 Å². The van der Waals surface area contributed by atoms with Gasteiger partial charge in [0.1, 0.15) is 0 Å². The van der Waals surface area contributed by atoms with Gasteiger partial charge in [0, 0.05) is 24.7 Å². The summed E-state index contributed by atoms with van der Waals surface area (Å²) < 4.78 is 28.4. The Balaban J connectivity index is 1.58. The molecule has 2 N–H and O–H groups in total. The molecule has 0 aromatic heterocycles. The van der Waals surface area contributed by atoms with E-state index < -0.39 is 10.0 Å². The average molecular weight is 500 g/mol. The molecule has 1 aliphatic heterocycles. The molecule has 190 valence electrons. The number of nitrogens with one attached hydrogen (secondary N) is 2. The number of piperidine rings is 1. The van der Waals surface area contributed by atoms with E-state index in [1.807, 2.05) is 66.7 Å². The van der Waals surface area contributed by atoms with Crippen LogP contribution in [0.4, 0.5) is 5.69 Å². The topological polar surface area (TPSA) is 95.6 Å². The molecule has 0 radical (unpaired) electrons. The van der Waals surface area contributed by atoms with Crippen LogP contribution >= 0.6 is 0 Å². The Kier molecular flexibility index (Phi) is 8.07. The molecule has 2 aromatic rings. The first-order valence-corrected chi connectivity index (χ1v) is 13.5. The van der Waals surface area contributed by atoms with Gasteiger partial charge in [-0.05, 0) is 94.7 Å². The van der Waals surface area contributed by atoms with Crippen LogP contribution in [0.1, 0.15) is 51.8 Å². The fraction of sp³-hybridized carbons (Fsp3) is 0.481. The van der Waals surface area contributed by atoms with E-state index in [4.69, 9.17) is 0 Å². The Labute approximate surface area is 209 Å². The molecule has 0 bridgehead atoms. The van der Waals surface area contributed by atoms with E-state index in [9.17, 15) is 18.0 Å². The summed E-state index contributed by atoms with van der Waals surface area (Å²) in [4.78, 5) is 25.5. The fourth-order valence-electron chi connectivity index (χ4n) is 4.93. The van der Waals surface area contributed by atoms with Gasteiger partial charge in [0.15, 0.2) is 0 Å². The number of hydrogen-bond donors (Lipinski definition) is 2. The van der Waals surface area contributed by atoms with Crippen LogP contribution in [0.15, 0.2) is 23.1 Å². The van der Waals surface area contributed by atoms with Gasteiger partial charge in [-0.25, -0.2) is 8.42 Å². The lowest BCUT2D eigenvalue weighted by atomic mass is 9.97. The Bertz CT molecular complexity index is 1210. The van der Waals surface area contributed by atoms with Gasteiger partial charge in [-0.15, -0.1) is 0 Å². The highest BCUT2D eigenvalue weighted by Crippen LogP contribution is 2.31. The van der Waals surface area contributed by atoms with E-state index >= 15 is 0 Å². The first-order valence-electron chi connectivity index (χ1n) is 12.1. The zero-order valence-electron chi connectivity index (χ0n) is 21.8. The Morgan fingerprint density at radius 3 is 1.89 bits per heavy atom. The van der Waals surface area contributed by atoms with Crippen molar-refractivity contribution in [2.24, 2.45) is 5.92 Å². The van der Waals surface area contributed by atoms with Crippen LogP contribution in [0.2, 0.25) is 0 Å². The number of nitrogens with zero attached hydrogens (tertiary/aromatic N) is 1. The molecule has 0 atom stereocenters. The van der Waals surface area contributed by atoms with Crippen LogP contribution in [0.5, 0.6) is 0 Å². The summed E-state index contributed by atoms with van der Waals surface area (Å²) >= 11 is 0. The highest BCUT2D eigenvalue weighted by molar-refractivity contribution is 7.89. The minimum Gasteiger partial charge on any atom is -0.347 e. The molecular formula is C27H37N3O4S. The monoisotopic (exact) mass is 499 g/mol. The molecule has 0 saturated carbocycles. The van der Waals surface area contributed by atoms with Gasteiger partial charge in [0.2, 0.25) is 21.8 Å². The molecule has 0 aliphatic carbocycles. The summed E-state index contributed by atoms with van der Waals surface area (Å²) in [5.41, 5.74) is 7.31. The second kappa shape index (κ2) is 10.5. The highest BCUT2D eigenvalue weighted by atomic mass is 32.2. The number of carbonyl (C=O) groups is 2. The Morgan fingerprint density at radius 1 is 0.857 bits per heavy atom. The summed E-state index contributed by atoms with van der Waals surface area (Å²) in [6, 6.07) is 6.02. The van der Waals surface area contributed by atoms with Crippen LogP contribution in [0, 0.1) is 54.4 Å². The van der Waals surface area contributed by atoms with Gasteiger partial charge < -0.3 is 10.6 Å². The Hall–Kier alpha value is -2.71. The number of sulfonamides is 1. The van der Waals surface area contributed by atoms with Crippen LogP contribution < -0.4 is 10.6 Å². The predicted molar refractivity (Wildman–Crippen MR) is 139 cm³/mol. The molecule has 0 unspecified atom stereocenters. The lowest BCUT2D eigenvalue weighted by Gasteiger charge is -2.31. The lowest BCUT2D eigenvalue weighted by molar-refractivity contribution is -0.128. The summed E-state index contributed by atoms with van der Waals surface area (Å²) in [6.45, 7) is 13.9. The third kappa shape index (κ3) is 5.76. The molecule has 0 spiro atoms. The zero-order valence-corrected chi connectivity index (χ0v) is 22.6. The molecular weight excluding hydrogens is 462 g/mol. The third-order valence-corrected chi connectivity index (χ3v) is 9.26. The van der Waals surface area contributed by atoms with Gasteiger partial charge in [0.25, 0.3) is 0 Å². The Morgan fingerprint density at radius 2 is 1.37 bits per heavy atom. The van der Waals surface area contributed by atoms with Crippen LogP contribution in [-0.4, -0.2) is 44.2 Å². The van der Waals surface area contributed by atoms with Crippen molar-refractivity contribution in [3.05, 3.63) is 57.1 Å². The van der Waals surface area contributed by atoms with Crippen molar-refractivity contribution in [1.29, 1.82) is 0 Å². The molecule has 1 aliphatic rings. The van der Waals surface area contributed by atoms with Gasteiger partial charge in [0.05, 0.1) is 11.4 Å².